The van der Waals surface area contributed by atoms with Crippen LogP contribution in [-0.4, -0.2) is 39.7 Å². The molecule has 0 atom stereocenters. The van der Waals surface area contributed by atoms with Gasteiger partial charge in [0.05, 0.1) is 0 Å². The minimum absolute atomic E-state index is 0.207. The highest BCUT2D eigenvalue weighted by molar-refractivity contribution is 5.78. The molecule has 2 aromatic rings. The molecule has 7 heteroatoms. The van der Waals surface area contributed by atoms with Crippen molar-refractivity contribution >= 4 is 17.7 Å². The molecule has 0 spiro atoms. The molecule has 0 aliphatic carbocycles. The lowest BCUT2D eigenvalue weighted by Crippen LogP contribution is -2.53. The summed E-state index contributed by atoms with van der Waals surface area (Å²) in [6.07, 6.45) is 2.32. The van der Waals surface area contributed by atoms with Crippen LogP contribution in [0.1, 0.15) is 12.8 Å². The Morgan fingerprint density at radius 2 is 1.91 bits per heavy atom. The zero-order valence-corrected chi connectivity index (χ0v) is 12.6. The maximum absolute atomic E-state index is 11.8. The molecule has 120 valence electrons. The normalized spacial score (nSPS) is 16.8. The number of carboxylic acid groups (broad SMARTS) is 1. The second kappa shape index (κ2) is 6.12. The maximum Gasteiger partial charge on any atom is 0.348 e. The molecule has 23 heavy (non-hydrogen) atoms. The number of carbonyl (C=O) groups is 1. The molecule has 0 unspecified atom stereocenters. The van der Waals surface area contributed by atoms with Gasteiger partial charge in [0.25, 0.3) is 0 Å². The van der Waals surface area contributed by atoms with Gasteiger partial charge in [-0.3, -0.25) is 0 Å². The third-order valence-corrected chi connectivity index (χ3v) is 4.00. The minimum atomic E-state index is -1.21. The van der Waals surface area contributed by atoms with E-state index in [2.05, 4.69) is 9.97 Å². The van der Waals surface area contributed by atoms with Gasteiger partial charge in [-0.2, -0.15) is 4.98 Å². The van der Waals surface area contributed by atoms with Crippen molar-refractivity contribution in [3.05, 3.63) is 42.6 Å². The van der Waals surface area contributed by atoms with Crippen molar-refractivity contribution < 1.29 is 14.6 Å². The number of nitrogens with zero attached hydrogens (tertiary/aromatic N) is 3. The second-order valence-corrected chi connectivity index (χ2v) is 5.47. The summed E-state index contributed by atoms with van der Waals surface area (Å²) in [5.41, 5.74) is 4.39. The van der Waals surface area contributed by atoms with Gasteiger partial charge in [-0.05, 0) is 18.2 Å². The number of benzene rings is 1. The Morgan fingerprint density at radius 1 is 1.22 bits per heavy atom. The van der Waals surface area contributed by atoms with Crippen molar-refractivity contribution in [1.82, 2.24) is 9.97 Å². The predicted octanol–water partition coefficient (Wildman–Crippen LogP) is 1.56. The molecule has 2 heterocycles. The smallest absolute Gasteiger partial charge is 0.348 e. The fraction of sp³-hybridized carbons (Fsp3) is 0.312. The van der Waals surface area contributed by atoms with Gasteiger partial charge in [0, 0.05) is 32.1 Å². The summed E-state index contributed by atoms with van der Waals surface area (Å²) in [6.45, 7) is 1.05. The first kappa shape index (κ1) is 15.1. The number of carboxylic acids is 1. The molecule has 0 amide bonds. The molecule has 1 saturated heterocycles. The van der Waals surface area contributed by atoms with Crippen LogP contribution in [0.4, 0.5) is 11.8 Å². The number of para-hydroxylation sites is 1. The number of hydrogen-bond acceptors (Lipinski definition) is 6. The molecule has 0 saturated carbocycles. The van der Waals surface area contributed by atoms with Crippen LogP contribution in [-0.2, 0) is 4.79 Å². The zero-order valence-electron chi connectivity index (χ0n) is 12.6. The topological polar surface area (TPSA) is 102 Å². The highest BCUT2D eigenvalue weighted by Gasteiger charge is 2.44. The van der Waals surface area contributed by atoms with Crippen molar-refractivity contribution in [1.29, 1.82) is 0 Å². The van der Waals surface area contributed by atoms with Crippen molar-refractivity contribution in [2.45, 2.75) is 18.4 Å². The SMILES string of the molecule is Nc1nccc(N2CCC(Oc3ccccc3)(C(=O)O)CC2)n1. The van der Waals surface area contributed by atoms with Crippen LogP contribution in [0.2, 0.25) is 0 Å². The molecule has 3 N–H and O–H groups in total. The Morgan fingerprint density at radius 3 is 2.52 bits per heavy atom. The van der Waals surface area contributed by atoms with E-state index >= 15 is 0 Å². The first-order chi connectivity index (χ1) is 11.1. The van der Waals surface area contributed by atoms with Crippen LogP contribution in [0, 0.1) is 0 Å². The fourth-order valence-corrected chi connectivity index (χ4v) is 2.71. The molecule has 1 aromatic carbocycles. The molecule has 7 nitrogen and oxygen atoms in total. The molecule has 1 aliphatic rings. The quantitative estimate of drug-likeness (QED) is 0.883. The zero-order chi connectivity index (χ0) is 16.3. The standard InChI is InChI=1S/C16H18N4O3/c17-15-18-9-6-13(19-15)20-10-7-16(8-11-20,14(21)22)23-12-4-2-1-3-5-12/h1-6,9H,7-8,10-11H2,(H,21,22)(H2,17,18,19). The van der Waals surface area contributed by atoms with E-state index in [1.54, 1.807) is 24.4 Å². The Bertz CT molecular complexity index is 685. The Hall–Kier alpha value is -2.83. The largest absolute Gasteiger partial charge is 0.478 e. The highest BCUT2D eigenvalue weighted by atomic mass is 16.5. The van der Waals surface area contributed by atoms with Gasteiger partial charge in [-0.15, -0.1) is 0 Å². The van der Waals surface area contributed by atoms with Crippen molar-refractivity contribution in [2.24, 2.45) is 0 Å². The number of piperidine rings is 1. The van der Waals surface area contributed by atoms with E-state index in [1.807, 2.05) is 23.1 Å². The summed E-state index contributed by atoms with van der Waals surface area (Å²) in [4.78, 5) is 21.8. The van der Waals surface area contributed by atoms with Gasteiger partial charge in [0.1, 0.15) is 11.6 Å². The van der Waals surface area contributed by atoms with Gasteiger partial charge in [-0.1, -0.05) is 18.2 Å². The van der Waals surface area contributed by atoms with Crippen molar-refractivity contribution in [2.75, 3.05) is 23.7 Å². The van der Waals surface area contributed by atoms with Crippen LogP contribution >= 0.6 is 0 Å². The number of hydrogen-bond donors (Lipinski definition) is 2. The van der Waals surface area contributed by atoms with E-state index in [9.17, 15) is 9.90 Å². The monoisotopic (exact) mass is 314 g/mol. The summed E-state index contributed by atoms with van der Waals surface area (Å²) in [6, 6.07) is 10.8. The molecule has 3 rings (SSSR count). The van der Waals surface area contributed by atoms with Crippen LogP contribution in [0.5, 0.6) is 5.75 Å². The number of nitrogen functional groups attached to an aromatic ring is 1. The number of anilines is 2. The van der Waals surface area contributed by atoms with E-state index in [1.165, 1.54) is 0 Å². The second-order valence-electron chi connectivity index (χ2n) is 5.47. The molecule has 1 aliphatic heterocycles. The Kier molecular flexibility index (Phi) is 4.01. The Labute approximate surface area is 133 Å². The average molecular weight is 314 g/mol. The summed E-state index contributed by atoms with van der Waals surface area (Å²) >= 11 is 0. The van der Waals surface area contributed by atoms with Gasteiger partial charge in [0.15, 0.2) is 0 Å². The minimum Gasteiger partial charge on any atom is -0.478 e. The lowest BCUT2D eigenvalue weighted by molar-refractivity contribution is -0.157. The van der Waals surface area contributed by atoms with Gasteiger partial charge in [0.2, 0.25) is 11.5 Å². The molecule has 1 aromatic heterocycles. The third kappa shape index (κ3) is 3.18. The average Bonchev–Trinajstić information content (AvgIpc) is 2.56. The predicted molar refractivity (Wildman–Crippen MR) is 85.3 cm³/mol. The molecular formula is C16H18N4O3. The summed E-state index contributed by atoms with van der Waals surface area (Å²) < 4.78 is 5.83. The Balaban J connectivity index is 1.74. The number of aromatic nitrogens is 2. The maximum atomic E-state index is 11.8. The number of aliphatic carboxylic acids is 1. The lowest BCUT2D eigenvalue weighted by Gasteiger charge is -2.39. The van der Waals surface area contributed by atoms with Crippen LogP contribution in [0.25, 0.3) is 0 Å². The van der Waals surface area contributed by atoms with Crippen LogP contribution in [0.15, 0.2) is 42.6 Å². The van der Waals surface area contributed by atoms with E-state index in [4.69, 9.17) is 10.5 Å². The number of nitrogens with two attached hydrogens (primary N) is 1. The fourth-order valence-electron chi connectivity index (χ4n) is 2.71. The first-order valence-corrected chi connectivity index (χ1v) is 7.40. The van der Waals surface area contributed by atoms with Crippen molar-refractivity contribution in [3.8, 4) is 5.75 Å². The molecule has 1 fully saturated rings. The van der Waals surface area contributed by atoms with E-state index in [0.717, 1.165) is 0 Å². The lowest BCUT2D eigenvalue weighted by atomic mass is 9.91. The van der Waals surface area contributed by atoms with E-state index in [0.29, 0.717) is 37.5 Å². The van der Waals surface area contributed by atoms with Crippen LogP contribution < -0.4 is 15.4 Å². The summed E-state index contributed by atoms with van der Waals surface area (Å²) in [5.74, 6) is 0.534. The van der Waals surface area contributed by atoms with Crippen LogP contribution in [0.3, 0.4) is 0 Å². The van der Waals surface area contributed by atoms with Crippen molar-refractivity contribution in [3.63, 3.8) is 0 Å². The highest BCUT2D eigenvalue weighted by Crippen LogP contribution is 2.30. The van der Waals surface area contributed by atoms with Gasteiger partial charge >= 0.3 is 5.97 Å². The summed E-state index contributed by atoms with van der Waals surface area (Å²) in [7, 11) is 0. The van der Waals surface area contributed by atoms with E-state index in [-0.39, 0.29) is 5.95 Å². The number of ether oxygens (including phenoxy) is 1. The van der Waals surface area contributed by atoms with Gasteiger partial charge < -0.3 is 20.5 Å². The molecule has 0 radical (unpaired) electrons. The third-order valence-electron chi connectivity index (χ3n) is 4.00. The molecular weight excluding hydrogens is 296 g/mol. The van der Waals surface area contributed by atoms with E-state index < -0.39 is 11.6 Å². The summed E-state index contributed by atoms with van der Waals surface area (Å²) in [5, 5.41) is 9.66. The van der Waals surface area contributed by atoms with Gasteiger partial charge in [-0.25, -0.2) is 9.78 Å². The number of rotatable bonds is 4. The first-order valence-electron chi connectivity index (χ1n) is 7.40. The molecule has 0 bridgehead atoms.